The van der Waals surface area contributed by atoms with Crippen LogP contribution < -0.4 is 10.6 Å². The number of carboxylic acid groups (broad SMARTS) is 1. The van der Waals surface area contributed by atoms with Gasteiger partial charge in [0.15, 0.2) is 0 Å². The molecule has 0 radical (unpaired) electrons. The number of carbonyl (C=O) groups excluding carboxylic acids is 2. The molecular weight excluding hydrogens is 468 g/mol. The number of nitro groups is 1. The quantitative estimate of drug-likeness (QED) is 0.337. The fourth-order valence-electron chi connectivity index (χ4n) is 4.04. The first-order chi connectivity index (χ1) is 17.2. The summed E-state index contributed by atoms with van der Waals surface area (Å²) in [6.07, 6.45) is 1.58. The van der Waals surface area contributed by atoms with Crippen LogP contribution in [-0.4, -0.2) is 54.5 Å². The van der Waals surface area contributed by atoms with Crippen molar-refractivity contribution >= 4 is 29.3 Å². The van der Waals surface area contributed by atoms with Crippen molar-refractivity contribution in [1.82, 2.24) is 19.8 Å². The average Bonchev–Trinajstić information content (AvgIpc) is 3.25. The molecule has 2 unspecified atom stereocenters. The van der Waals surface area contributed by atoms with Gasteiger partial charge in [0.05, 0.1) is 35.7 Å². The molecule has 0 spiro atoms. The molecule has 2 heterocycles. The number of nitro benzene ring substituents is 1. The van der Waals surface area contributed by atoms with E-state index >= 15 is 0 Å². The van der Waals surface area contributed by atoms with Gasteiger partial charge in [-0.2, -0.15) is 0 Å². The molecular formula is C24H24N6O6. The first-order valence-corrected chi connectivity index (χ1v) is 11.2. The van der Waals surface area contributed by atoms with E-state index in [1.54, 1.807) is 53.1 Å². The van der Waals surface area contributed by atoms with Crippen molar-refractivity contribution < 1.29 is 24.4 Å². The second-order valence-corrected chi connectivity index (χ2v) is 8.36. The number of benzene rings is 2. The van der Waals surface area contributed by atoms with E-state index in [-0.39, 0.29) is 25.2 Å². The van der Waals surface area contributed by atoms with E-state index in [9.17, 15) is 29.6 Å². The third-order valence-corrected chi connectivity index (χ3v) is 5.96. The third kappa shape index (κ3) is 5.17. The lowest BCUT2D eigenvalue weighted by Gasteiger charge is -2.35. The highest BCUT2D eigenvalue weighted by atomic mass is 16.6. The highest BCUT2D eigenvalue weighted by molar-refractivity contribution is 5.95. The molecule has 186 valence electrons. The first-order valence-electron chi connectivity index (χ1n) is 11.2. The largest absolute Gasteiger partial charge is 0.480 e. The van der Waals surface area contributed by atoms with Crippen LogP contribution in [0.2, 0.25) is 0 Å². The molecule has 0 saturated heterocycles. The normalized spacial score (nSPS) is 15.5. The number of carboxylic acids is 1. The Labute approximate surface area is 205 Å². The summed E-state index contributed by atoms with van der Waals surface area (Å²) in [5.74, 6) is -1.82. The fraction of sp³-hybridized carbons (Fsp3) is 0.250. The number of nitrogens with zero attached hydrogens (tertiary/aromatic N) is 4. The zero-order valence-electron chi connectivity index (χ0n) is 19.3. The molecule has 4 rings (SSSR count). The van der Waals surface area contributed by atoms with Crippen molar-refractivity contribution in [3.05, 3.63) is 88.0 Å². The SMILES string of the molecule is CC(NC(=O)C1Cc2ncn(Cc3ccccc3[N+](=O)[O-])c2CN1C(=O)Nc1ccccc1)C(=O)O. The number of hydrogen-bond donors (Lipinski definition) is 3. The van der Waals surface area contributed by atoms with Gasteiger partial charge in [0, 0.05) is 23.7 Å². The number of para-hydroxylation sites is 2. The first kappa shape index (κ1) is 24.4. The molecule has 0 bridgehead atoms. The van der Waals surface area contributed by atoms with E-state index in [4.69, 9.17) is 0 Å². The Morgan fingerprint density at radius 3 is 2.56 bits per heavy atom. The minimum atomic E-state index is -1.20. The van der Waals surface area contributed by atoms with Gasteiger partial charge in [-0.15, -0.1) is 0 Å². The van der Waals surface area contributed by atoms with Crippen LogP contribution in [0.5, 0.6) is 0 Å². The second-order valence-electron chi connectivity index (χ2n) is 8.36. The Kier molecular flexibility index (Phi) is 6.95. The number of rotatable bonds is 7. The van der Waals surface area contributed by atoms with Crippen LogP contribution in [0.25, 0.3) is 0 Å². The maximum absolute atomic E-state index is 13.2. The molecule has 1 aliphatic rings. The fourth-order valence-corrected chi connectivity index (χ4v) is 4.04. The molecule has 0 aliphatic carbocycles. The van der Waals surface area contributed by atoms with Crippen molar-refractivity contribution in [2.75, 3.05) is 5.32 Å². The number of amides is 3. The number of urea groups is 1. The zero-order chi connectivity index (χ0) is 25.8. The molecule has 2 atom stereocenters. The van der Waals surface area contributed by atoms with Crippen molar-refractivity contribution in [1.29, 1.82) is 0 Å². The number of imidazole rings is 1. The molecule has 0 fully saturated rings. The van der Waals surface area contributed by atoms with E-state index in [1.165, 1.54) is 24.2 Å². The van der Waals surface area contributed by atoms with Crippen molar-refractivity contribution in [2.45, 2.75) is 38.5 Å². The molecule has 0 saturated carbocycles. The zero-order valence-corrected chi connectivity index (χ0v) is 19.3. The van der Waals surface area contributed by atoms with Crippen LogP contribution in [0.15, 0.2) is 60.9 Å². The summed E-state index contributed by atoms with van der Waals surface area (Å²) in [5.41, 5.74) is 2.15. The van der Waals surface area contributed by atoms with Crippen LogP contribution >= 0.6 is 0 Å². The lowest BCUT2D eigenvalue weighted by atomic mass is 10.0. The monoisotopic (exact) mass is 492 g/mol. The van der Waals surface area contributed by atoms with Gasteiger partial charge in [0.25, 0.3) is 5.69 Å². The topological polar surface area (TPSA) is 160 Å². The maximum atomic E-state index is 13.2. The number of hydrogen-bond acceptors (Lipinski definition) is 6. The van der Waals surface area contributed by atoms with E-state index in [0.717, 1.165) is 0 Å². The van der Waals surface area contributed by atoms with E-state index in [1.807, 2.05) is 0 Å². The number of anilines is 1. The van der Waals surface area contributed by atoms with Crippen LogP contribution in [0.1, 0.15) is 23.9 Å². The predicted molar refractivity (Wildman–Crippen MR) is 128 cm³/mol. The molecule has 12 nitrogen and oxygen atoms in total. The molecule has 3 aromatic rings. The van der Waals surface area contributed by atoms with Gasteiger partial charge in [0.2, 0.25) is 5.91 Å². The van der Waals surface area contributed by atoms with Crippen LogP contribution in [0.4, 0.5) is 16.2 Å². The highest BCUT2D eigenvalue weighted by Gasteiger charge is 2.38. The number of fused-ring (bicyclic) bond motifs is 1. The Bertz CT molecular complexity index is 1310. The van der Waals surface area contributed by atoms with Gasteiger partial charge in [-0.25, -0.2) is 9.78 Å². The van der Waals surface area contributed by atoms with Gasteiger partial charge in [-0.3, -0.25) is 19.7 Å². The Morgan fingerprint density at radius 2 is 1.86 bits per heavy atom. The smallest absolute Gasteiger partial charge is 0.325 e. The van der Waals surface area contributed by atoms with E-state index < -0.39 is 34.9 Å². The summed E-state index contributed by atoms with van der Waals surface area (Å²) in [4.78, 5) is 54.2. The van der Waals surface area contributed by atoms with E-state index in [0.29, 0.717) is 22.6 Å². The number of carbonyl (C=O) groups is 3. The number of aromatic nitrogens is 2. The Morgan fingerprint density at radius 1 is 1.17 bits per heavy atom. The Hall–Kier alpha value is -4.74. The van der Waals surface area contributed by atoms with Crippen LogP contribution in [0.3, 0.4) is 0 Å². The maximum Gasteiger partial charge on any atom is 0.325 e. The van der Waals surface area contributed by atoms with Crippen molar-refractivity contribution in [3.8, 4) is 0 Å². The lowest BCUT2D eigenvalue weighted by Crippen LogP contribution is -2.56. The van der Waals surface area contributed by atoms with Crippen molar-refractivity contribution in [3.63, 3.8) is 0 Å². The number of aliphatic carboxylic acids is 1. The third-order valence-electron chi connectivity index (χ3n) is 5.96. The molecule has 1 aromatic heterocycles. The molecule has 36 heavy (non-hydrogen) atoms. The molecule has 3 amide bonds. The molecule has 12 heteroatoms. The summed E-state index contributed by atoms with van der Waals surface area (Å²) in [7, 11) is 0. The van der Waals surface area contributed by atoms with Crippen LogP contribution in [-0.2, 0) is 29.1 Å². The lowest BCUT2D eigenvalue weighted by molar-refractivity contribution is -0.385. The van der Waals surface area contributed by atoms with E-state index in [2.05, 4.69) is 15.6 Å². The summed E-state index contributed by atoms with van der Waals surface area (Å²) >= 11 is 0. The summed E-state index contributed by atoms with van der Waals surface area (Å²) in [6.45, 7) is 1.49. The summed E-state index contributed by atoms with van der Waals surface area (Å²) in [6, 6.07) is 12.4. The molecule has 3 N–H and O–H groups in total. The summed E-state index contributed by atoms with van der Waals surface area (Å²) in [5, 5.41) is 25.8. The van der Waals surface area contributed by atoms with Gasteiger partial charge in [-0.05, 0) is 19.1 Å². The molecule has 2 aromatic carbocycles. The Balaban J connectivity index is 1.64. The minimum Gasteiger partial charge on any atom is -0.480 e. The van der Waals surface area contributed by atoms with Crippen molar-refractivity contribution in [2.24, 2.45) is 0 Å². The average molecular weight is 492 g/mol. The standard InChI is InChI=1S/C24H24N6O6/c1-15(23(32)33)26-22(31)20-11-18-21(13-29(20)24(34)27-17-8-3-2-4-9-17)28(14-25-18)12-16-7-5-6-10-19(16)30(35)36/h2-10,14-15,20H,11-13H2,1H3,(H,26,31)(H,27,34)(H,32,33). The molecule has 1 aliphatic heterocycles. The highest BCUT2D eigenvalue weighted by Crippen LogP contribution is 2.26. The van der Waals surface area contributed by atoms with Gasteiger partial charge in [0.1, 0.15) is 12.1 Å². The van der Waals surface area contributed by atoms with Gasteiger partial charge in [-0.1, -0.05) is 36.4 Å². The van der Waals surface area contributed by atoms with Gasteiger partial charge < -0.3 is 25.2 Å². The minimum absolute atomic E-state index is 0.00578. The predicted octanol–water partition coefficient (Wildman–Crippen LogP) is 2.39. The summed E-state index contributed by atoms with van der Waals surface area (Å²) < 4.78 is 1.72. The van der Waals surface area contributed by atoms with Crippen LogP contribution in [0, 0.1) is 10.1 Å². The van der Waals surface area contributed by atoms with Gasteiger partial charge >= 0.3 is 12.0 Å². The number of nitrogens with one attached hydrogen (secondary N) is 2. The second kappa shape index (κ2) is 10.3.